The molecule has 0 radical (unpaired) electrons. The first-order chi connectivity index (χ1) is 19.3. The lowest BCUT2D eigenvalue weighted by Gasteiger charge is -2.14. The van der Waals surface area contributed by atoms with Crippen LogP contribution in [0, 0.1) is 13.8 Å². The zero-order chi connectivity index (χ0) is 28.5. The quantitative estimate of drug-likeness (QED) is 0.158. The molecule has 40 heavy (non-hydrogen) atoms. The summed E-state index contributed by atoms with van der Waals surface area (Å²) in [5, 5.41) is 8.22. The van der Waals surface area contributed by atoms with Crippen molar-refractivity contribution in [3.8, 4) is 0 Å². The Kier molecular flexibility index (Phi) is 9.54. The van der Waals surface area contributed by atoms with Crippen molar-refractivity contribution < 1.29 is 14.4 Å². The number of benzene rings is 4. The molecule has 202 valence electrons. The molecule has 0 spiro atoms. The van der Waals surface area contributed by atoms with Gasteiger partial charge in [-0.2, -0.15) is 0 Å². The van der Waals surface area contributed by atoms with Crippen LogP contribution in [-0.4, -0.2) is 23.0 Å². The van der Waals surface area contributed by atoms with E-state index in [1.807, 2.05) is 93.6 Å². The van der Waals surface area contributed by atoms with Gasteiger partial charge >= 0.3 is 0 Å². The molecular formula is C33H31N3O3S. The van der Waals surface area contributed by atoms with Crippen LogP contribution in [-0.2, 0) is 9.59 Å². The topological polar surface area (TPSA) is 87.3 Å². The molecule has 0 saturated heterocycles. The van der Waals surface area contributed by atoms with Gasteiger partial charge in [-0.25, -0.2) is 0 Å². The fourth-order valence-electron chi connectivity index (χ4n) is 3.84. The molecule has 3 N–H and O–H groups in total. The van der Waals surface area contributed by atoms with Crippen molar-refractivity contribution in [1.82, 2.24) is 5.32 Å². The van der Waals surface area contributed by atoms with Gasteiger partial charge in [0, 0.05) is 21.8 Å². The number of nitrogens with one attached hydrogen (secondary N) is 3. The maximum atomic E-state index is 13.4. The molecule has 0 aromatic heterocycles. The van der Waals surface area contributed by atoms with Gasteiger partial charge in [-0.05, 0) is 80.4 Å². The van der Waals surface area contributed by atoms with Gasteiger partial charge in [-0.15, -0.1) is 11.8 Å². The van der Waals surface area contributed by atoms with Gasteiger partial charge in [0.1, 0.15) is 5.70 Å². The highest BCUT2D eigenvalue weighted by molar-refractivity contribution is 8.00. The standard InChI is InChI=1S/C33H31N3O3S/c1-22-15-17-25(18-16-22)20-30(36-32(38)26-10-5-4-6-11-26)33(39)35-28-13-8-14-29(21-28)40-24(3)31(37)34-27-12-7-9-23(2)19-27/h4-21,24H,1-3H3,(H,34,37)(H,35,39)(H,36,38)/b30-20-. The molecule has 0 heterocycles. The molecule has 0 bridgehead atoms. The second-order valence-electron chi connectivity index (χ2n) is 9.39. The number of amides is 3. The highest BCUT2D eigenvalue weighted by atomic mass is 32.2. The van der Waals surface area contributed by atoms with E-state index < -0.39 is 5.91 Å². The maximum Gasteiger partial charge on any atom is 0.272 e. The number of carbonyl (C=O) groups is 3. The lowest BCUT2D eigenvalue weighted by molar-refractivity contribution is -0.115. The van der Waals surface area contributed by atoms with Crippen LogP contribution in [0.25, 0.3) is 6.08 Å². The number of carbonyl (C=O) groups excluding carboxylic acids is 3. The van der Waals surface area contributed by atoms with E-state index in [1.165, 1.54) is 11.8 Å². The van der Waals surface area contributed by atoms with E-state index >= 15 is 0 Å². The Balaban J connectivity index is 1.47. The number of rotatable bonds is 9. The molecule has 1 atom stereocenters. The average molecular weight is 550 g/mol. The Morgan fingerprint density at radius 2 is 1.40 bits per heavy atom. The van der Waals surface area contributed by atoms with Crippen LogP contribution in [0.4, 0.5) is 11.4 Å². The second kappa shape index (κ2) is 13.4. The summed E-state index contributed by atoms with van der Waals surface area (Å²) in [7, 11) is 0. The van der Waals surface area contributed by atoms with Crippen molar-refractivity contribution in [3.05, 3.63) is 131 Å². The molecule has 4 aromatic rings. The Morgan fingerprint density at radius 3 is 2.10 bits per heavy atom. The monoisotopic (exact) mass is 549 g/mol. The molecule has 0 aliphatic heterocycles. The van der Waals surface area contributed by atoms with Crippen LogP contribution in [0.1, 0.15) is 34.0 Å². The summed E-state index contributed by atoms with van der Waals surface area (Å²) in [4.78, 5) is 39.8. The smallest absolute Gasteiger partial charge is 0.272 e. The lowest BCUT2D eigenvalue weighted by Crippen LogP contribution is -2.30. The molecule has 0 saturated carbocycles. The van der Waals surface area contributed by atoms with Crippen molar-refractivity contribution in [2.75, 3.05) is 10.6 Å². The van der Waals surface area contributed by atoms with E-state index in [4.69, 9.17) is 0 Å². The lowest BCUT2D eigenvalue weighted by atomic mass is 10.1. The molecule has 6 nitrogen and oxygen atoms in total. The highest BCUT2D eigenvalue weighted by Gasteiger charge is 2.17. The molecule has 0 aliphatic carbocycles. The SMILES string of the molecule is Cc1ccc(/C=C(\NC(=O)c2ccccc2)C(=O)Nc2cccc(SC(C)C(=O)Nc3cccc(C)c3)c2)cc1. The largest absolute Gasteiger partial charge is 0.325 e. The molecular weight excluding hydrogens is 518 g/mol. The predicted molar refractivity (Wildman–Crippen MR) is 163 cm³/mol. The average Bonchev–Trinajstić information content (AvgIpc) is 2.94. The number of thioether (sulfide) groups is 1. The number of anilines is 2. The molecule has 1 unspecified atom stereocenters. The molecule has 3 amide bonds. The molecule has 0 aliphatic rings. The first-order valence-corrected chi connectivity index (χ1v) is 13.8. The summed E-state index contributed by atoms with van der Waals surface area (Å²) in [6.45, 7) is 5.79. The first kappa shape index (κ1) is 28.4. The fraction of sp³-hybridized carbons (Fsp3) is 0.121. The molecule has 4 aromatic carbocycles. The summed E-state index contributed by atoms with van der Waals surface area (Å²) < 4.78 is 0. The Bertz CT molecular complexity index is 1530. The third-order valence-corrected chi connectivity index (χ3v) is 7.07. The normalized spacial score (nSPS) is 11.8. The van der Waals surface area contributed by atoms with Crippen LogP contribution in [0.3, 0.4) is 0 Å². The van der Waals surface area contributed by atoms with E-state index in [9.17, 15) is 14.4 Å². The van der Waals surface area contributed by atoms with E-state index in [2.05, 4.69) is 16.0 Å². The minimum atomic E-state index is -0.461. The first-order valence-electron chi connectivity index (χ1n) is 12.9. The van der Waals surface area contributed by atoms with Crippen LogP contribution >= 0.6 is 11.8 Å². The van der Waals surface area contributed by atoms with Crippen LogP contribution in [0.5, 0.6) is 0 Å². The van der Waals surface area contributed by atoms with Gasteiger partial charge in [0.2, 0.25) is 5.91 Å². The van der Waals surface area contributed by atoms with Crippen LogP contribution < -0.4 is 16.0 Å². The van der Waals surface area contributed by atoms with Gasteiger partial charge < -0.3 is 16.0 Å². The number of hydrogen-bond acceptors (Lipinski definition) is 4. The summed E-state index contributed by atoms with van der Waals surface area (Å²) in [5.74, 6) is -0.957. The van der Waals surface area contributed by atoms with E-state index in [-0.39, 0.29) is 22.8 Å². The molecule has 0 fully saturated rings. The number of aryl methyl sites for hydroxylation is 2. The Labute approximate surface area is 238 Å². The highest BCUT2D eigenvalue weighted by Crippen LogP contribution is 2.27. The van der Waals surface area contributed by atoms with Crippen molar-refractivity contribution in [2.24, 2.45) is 0 Å². The Hall–Kier alpha value is -4.62. The summed E-state index contributed by atoms with van der Waals surface area (Å²) in [5.41, 5.74) is 4.80. The van der Waals surface area contributed by atoms with Gasteiger partial charge in [0.25, 0.3) is 11.8 Å². The van der Waals surface area contributed by atoms with Gasteiger partial charge in [0.05, 0.1) is 5.25 Å². The summed E-state index contributed by atoms with van der Waals surface area (Å²) >= 11 is 1.39. The minimum Gasteiger partial charge on any atom is -0.325 e. The third-order valence-electron chi connectivity index (χ3n) is 5.98. The number of hydrogen-bond donors (Lipinski definition) is 3. The van der Waals surface area contributed by atoms with Crippen molar-refractivity contribution in [3.63, 3.8) is 0 Å². The molecule has 7 heteroatoms. The zero-order valence-electron chi connectivity index (χ0n) is 22.6. The van der Waals surface area contributed by atoms with Gasteiger partial charge in [0.15, 0.2) is 0 Å². The van der Waals surface area contributed by atoms with Gasteiger partial charge in [-0.1, -0.05) is 66.2 Å². The van der Waals surface area contributed by atoms with E-state index in [0.29, 0.717) is 11.3 Å². The third kappa shape index (κ3) is 8.19. The van der Waals surface area contributed by atoms with Crippen molar-refractivity contribution in [1.29, 1.82) is 0 Å². The van der Waals surface area contributed by atoms with E-state index in [1.54, 1.807) is 36.4 Å². The van der Waals surface area contributed by atoms with Crippen LogP contribution in [0.2, 0.25) is 0 Å². The van der Waals surface area contributed by atoms with Crippen molar-refractivity contribution >= 4 is 46.9 Å². The maximum absolute atomic E-state index is 13.4. The molecule has 4 rings (SSSR count). The summed E-state index contributed by atoms with van der Waals surface area (Å²) in [6, 6.07) is 31.3. The van der Waals surface area contributed by atoms with Crippen LogP contribution in [0.15, 0.2) is 114 Å². The minimum absolute atomic E-state index is 0.113. The Morgan fingerprint density at radius 1 is 0.725 bits per heavy atom. The second-order valence-corrected chi connectivity index (χ2v) is 10.8. The van der Waals surface area contributed by atoms with Gasteiger partial charge in [-0.3, -0.25) is 14.4 Å². The van der Waals surface area contributed by atoms with Crippen molar-refractivity contribution in [2.45, 2.75) is 30.9 Å². The summed E-state index contributed by atoms with van der Waals surface area (Å²) in [6.07, 6.45) is 1.64. The zero-order valence-corrected chi connectivity index (χ0v) is 23.4. The predicted octanol–water partition coefficient (Wildman–Crippen LogP) is 6.83. The van der Waals surface area contributed by atoms with E-state index in [0.717, 1.165) is 27.3 Å². The fourth-order valence-corrected chi connectivity index (χ4v) is 4.77.